The summed E-state index contributed by atoms with van der Waals surface area (Å²) in [4.78, 5) is 16.5. The number of fused-ring (bicyclic) bond motifs is 1. The van der Waals surface area contributed by atoms with Gasteiger partial charge in [0.25, 0.3) is 0 Å². The molecule has 0 unspecified atom stereocenters. The summed E-state index contributed by atoms with van der Waals surface area (Å²) in [5.74, 6) is 1.04. The average Bonchev–Trinajstić information content (AvgIpc) is 2.56. The second kappa shape index (κ2) is 6.76. The van der Waals surface area contributed by atoms with Crippen LogP contribution in [0.5, 0.6) is 5.75 Å². The van der Waals surface area contributed by atoms with Crippen molar-refractivity contribution in [1.82, 2.24) is 4.98 Å². The Morgan fingerprint density at radius 3 is 2.54 bits per heavy atom. The monoisotopic (exact) mass is 341 g/mol. The first-order chi connectivity index (χ1) is 11.5. The summed E-state index contributed by atoms with van der Waals surface area (Å²) in [6.07, 6.45) is 0. The number of anilines is 2. The number of benzene rings is 2. The number of urea groups is 1. The first kappa shape index (κ1) is 16.1. The highest BCUT2D eigenvalue weighted by Crippen LogP contribution is 2.28. The van der Waals surface area contributed by atoms with Gasteiger partial charge in [0.2, 0.25) is 0 Å². The maximum Gasteiger partial charge on any atom is 0.324 e. The minimum Gasteiger partial charge on any atom is -0.497 e. The second-order valence-corrected chi connectivity index (χ2v) is 5.72. The topological polar surface area (TPSA) is 63.2 Å². The molecule has 0 fully saturated rings. The highest BCUT2D eigenvalue weighted by atomic mass is 35.5. The standard InChI is InChI=1S/C18H16ClN3O2/c1-11-3-5-12(6-4-11)20-18(23)22-17-10-15(19)14-8-7-13(24-2)9-16(14)21-17/h3-10H,1-2H3,(H2,20,21,22,23). The zero-order valence-electron chi connectivity index (χ0n) is 13.3. The first-order valence-corrected chi connectivity index (χ1v) is 7.72. The van der Waals surface area contributed by atoms with Gasteiger partial charge in [-0.05, 0) is 31.2 Å². The number of carbonyl (C=O) groups excluding carboxylic acids is 1. The molecule has 0 saturated heterocycles. The normalized spacial score (nSPS) is 10.5. The predicted molar refractivity (Wildman–Crippen MR) is 97.1 cm³/mol. The van der Waals surface area contributed by atoms with Gasteiger partial charge in [-0.25, -0.2) is 9.78 Å². The van der Waals surface area contributed by atoms with E-state index in [9.17, 15) is 4.79 Å². The van der Waals surface area contributed by atoms with Crippen molar-refractivity contribution in [2.45, 2.75) is 6.92 Å². The van der Waals surface area contributed by atoms with E-state index in [0.717, 1.165) is 10.9 Å². The Kier molecular flexibility index (Phi) is 4.53. The summed E-state index contributed by atoms with van der Waals surface area (Å²) in [6.45, 7) is 1.99. The molecule has 6 heteroatoms. The van der Waals surface area contributed by atoms with Gasteiger partial charge in [0.05, 0.1) is 17.6 Å². The van der Waals surface area contributed by atoms with Gasteiger partial charge in [-0.15, -0.1) is 0 Å². The Bertz CT molecular complexity index is 895. The Labute approximate surface area is 144 Å². The number of hydrogen-bond acceptors (Lipinski definition) is 3. The number of aryl methyl sites for hydroxylation is 1. The Morgan fingerprint density at radius 2 is 1.83 bits per heavy atom. The van der Waals surface area contributed by atoms with Crippen LogP contribution in [0, 0.1) is 6.92 Å². The number of ether oxygens (including phenoxy) is 1. The molecule has 0 aliphatic heterocycles. The van der Waals surface area contributed by atoms with Crippen LogP contribution in [0.1, 0.15) is 5.56 Å². The number of nitrogens with one attached hydrogen (secondary N) is 2. The van der Waals surface area contributed by atoms with Crippen molar-refractivity contribution in [3.8, 4) is 5.75 Å². The van der Waals surface area contributed by atoms with Crippen LogP contribution in [0.3, 0.4) is 0 Å². The average molecular weight is 342 g/mol. The lowest BCUT2D eigenvalue weighted by Crippen LogP contribution is -2.20. The van der Waals surface area contributed by atoms with Crippen LogP contribution in [0.25, 0.3) is 10.9 Å². The molecule has 0 aliphatic rings. The SMILES string of the molecule is COc1ccc2c(Cl)cc(NC(=O)Nc3ccc(C)cc3)nc2c1. The van der Waals surface area contributed by atoms with Gasteiger partial charge in [-0.1, -0.05) is 29.3 Å². The smallest absolute Gasteiger partial charge is 0.324 e. The summed E-state index contributed by atoms with van der Waals surface area (Å²) in [6, 6.07) is 14.2. The third kappa shape index (κ3) is 3.58. The Balaban J connectivity index is 1.81. The third-order valence-corrected chi connectivity index (χ3v) is 3.83. The summed E-state index contributed by atoms with van der Waals surface area (Å²) in [7, 11) is 1.58. The highest BCUT2D eigenvalue weighted by Gasteiger charge is 2.09. The molecule has 5 nitrogen and oxygen atoms in total. The van der Waals surface area contributed by atoms with Crippen molar-refractivity contribution < 1.29 is 9.53 Å². The van der Waals surface area contributed by atoms with Crippen LogP contribution in [-0.4, -0.2) is 18.1 Å². The van der Waals surface area contributed by atoms with E-state index in [-0.39, 0.29) is 6.03 Å². The molecule has 24 heavy (non-hydrogen) atoms. The highest BCUT2D eigenvalue weighted by molar-refractivity contribution is 6.35. The number of hydrogen-bond donors (Lipinski definition) is 2. The largest absolute Gasteiger partial charge is 0.497 e. The molecule has 3 aromatic rings. The molecular weight excluding hydrogens is 326 g/mol. The summed E-state index contributed by atoms with van der Waals surface area (Å²) >= 11 is 6.27. The molecule has 0 aliphatic carbocycles. The van der Waals surface area contributed by atoms with Crippen LogP contribution in [-0.2, 0) is 0 Å². The van der Waals surface area contributed by atoms with Crippen molar-refractivity contribution in [2.24, 2.45) is 0 Å². The molecule has 0 atom stereocenters. The van der Waals surface area contributed by atoms with Gasteiger partial charge in [0, 0.05) is 23.2 Å². The van der Waals surface area contributed by atoms with Crippen LogP contribution in [0.4, 0.5) is 16.3 Å². The number of aromatic nitrogens is 1. The molecule has 2 N–H and O–H groups in total. The fourth-order valence-electron chi connectivity index (χ4n) is 2.27. The molecule has 0 bridgehead atoms. The number of amides is 2. The predicted octanol–water partition coefficient (Wildman–Crippen LogP) is 4.85. The minimum atomic E-state index is -0.385. The maximum atomic E-state index is 12.1. The second-order valence-electron chi connectivity index (χ2n) is 5.32. The minimum absolute atomic E-state index is 0.366. The van der Waals surface area contributed by atoms with E-state index in [4.69, 9.17) is 16.3 Å². The maximum absolute atomic E-state index is 12.1. The van der Waals surface area contributed by atoms with Crippen molar-refractivity contribution in [3.63, 3.8) is 0 Å². The lowest BCUT2D eigenvalue weighted by molar-refractivity contribution is 0.262. The number of carbonyl (C=O) groups is 1. The van der Waals surface area contributed by atoms with Gasteiger partial charge in [-0.3, -0.25) is 5.32 Å². The van der Waals surface area contributed by atoms with Crippen LogP contribution in [0.15, 0.2) is 48.5 Å². The zero-order valence-corrected chi connectivity index (χ0v) is 14.0. The fourth-order valence-corrected chi connectivity index (χ4v) is 2.54. The van der Waals surface area contributed by atoms with E-state index in [1.807, 2.05) is 43.3 Å². The molecule has 1 heterocycles. The summed E-state index contributed by atoms with van der Waals surface area (Å²) in [5, 5.41) is 6.74. The van der Waals surface area contributed by atoms with Crippen LogP contribution in [0.2, 0.25) is 5.02 Å². The van der Waals surface area contributed by atoms with Crippen LogP contribution < -0.4 is 15.4 Å². The molecule has 0 spiro atoms. The van der Waals surface area contributed by atoms with E-state index >= 15 is 0 Å². The Morgan fingerprint density at radius 1 is 1.08 bits per heavy atom. The van der Waals surface area contributed by atoms with E-state index in [1.165, 1.54) is 0 Å². The molecule has 0 radical (unpaired) electrons. The van der Waals surface area contributed by atoms with E-state index < -0.39 is 0 Å². The number of nitrogens with zero attached hydrogens (tertiary/aromatic N) is 1. The van der Waals surface area contributed by atoms with Gasteiger partial charge in [0.15, 0.2) is 0 Å². The van der Waals surface area contributed by atoms with Gasteiger partial charge >= 0.3 is 6.03 Å². The van der Waals surface area contributed by atoms with Gasteiger partial charge < -0.3 is 10.1 Å². The summed E-state index contributed by atoms with van der Waals surface area (Å²) < 4.78 is 5.19. The molecular formula is C18H16ClN3O2. The molecule has 2 amide bonds. The van der Waals surface area contributed by atoms with Gasteiger partial charge in [-0.2, -0.15) is 0 Å². The molecule has 0 saturated carbocycles. The van der Waals surface area contributed by atoms with E-state index in [1.54, 1.807) is 19.2 Å². The number of methoxy groups -OCH3 is 1. The lowest BCUT2D eigenvalue weighted by atomic mass is 10.2. The molecule has 2 aromatic carbocycles. The van der Waals surface area contributed by atoms with Crippen molar-refractivity contribution in [1.29, 1.82) is 0 Å². The third-order valence-electron chi connectivity index (χ3n) is 3.52. The molecule has 122 valence electrons. The Hall–Kier alpha value is -2.79. The fraction of sp³-hybridized carbons (Fsp3) is 0.111. The van der Waals surface area contributed by atoms with Crippen molar-refractivity contribution >= 4 is 40.0 Å². The van der Waals surface area contributed by atoms with E-state index in [2.05, 4.69) is 15.6 Å². The first-order valence-electron chi connectivity index (χ1n) is 7.34. The molecule has 1 aromatic heterocycles. The lowest BCUT2D eigenvalue weighted by Gasteiger charge is -2.10. The summed E-state index contributed by atoms with van der Waals surface area (Å²) in [5.41, 5.74) is 2.47. The van der Waals surface area contributed by atoms with Gasteiger partial charge in [0.1, 0.15) is 11.6 Å². The van der Waals surface area contributed by atoms with Crippen LogP contribution >= 0.6 is 11.6 Å². The van der Waals surface area contributed by atoms with Crippen molar-refractivity contribution in [3.05, 3.63) is 59.1 Å². The molecule has 3 rings (SSSR count). The number of pyridine rings is 1. The number of rotatable bonds is 3. The van der Waals surface area contributed by atoms with Crippen molar-refractivity contribution in [2.75, 3.05) is 17.7 Å². The van der Waals surface area contributed by atoms with E-state index in [0.29, 0.717) is 27.8 Å². The zero-order chi connectivity index (χ0) is 17.1. The quantitative estimate of drug-likeness (QED) is 0.715. The number of halogens is 1.